The summed E-state index contributed by atoms with van der Waals surface area (Å²) in [6.07, 6.45) is 4.22. The van der Waals surface area contributed by atoms with E-state index >= 15 is 0 Å². The number of benzene rings is 1. The van der Waals surface area contributed by atoms with E-state index in [-0.39, 0.29) is 17.2 Å². The number of hydrogen-bond donors (Lipinski definition) is 2. The van der Waals surface area contributed by atoms with Crippen LogP contribution in [0.25, 0.3) is 0 Å². The van der Waals surface area contributed by atoms with Crippen molar-refractivity contribution in [3.63, 3.8) is 0 Å². The number of piperidine rings is 1. The average molecular weight is 337 g/mol. The second-order valence-electron chi connectivity index (χ2n) is 6.69. The highest BCUT2D eigenvalue weighted by molar-refractivity contribution is 6.30. The number of rotatable bonds is 6. The van der Waals surface area contributed by atoms with Crippen LogP contribution in [0.3, 0.4) is 0 Å². The van der Waals surface area contributed by atoms with Gasteiger partial charge in [-0.25, -0.2) is 0 Å². The van der Waals surface area contributed by atoms with Crippen LogP contribution >= 0.6 is 11.6 Å². The summed E-state index contributed by atoms with van der Waals surface area (Å²) >= 11 is 6.08. The lowest BCUT2D eigenvalue weighted by atomic mass is 9.92. The molecule has 0 radical (unpaired) electrons. The van der Waals surface area contributed by atoms with Crippen LogP contribution in [0.4, 0.5) is 0 Å². The maximum absolute atomic E-state index is 12.5. The molecule has 1 atom stereocenters. The topological polar surface area (TPSA) is 50.4 Å². The van der Waals surface area contributed by atoms with Gasteiger partial charge >= 0.3 is 0 Å². The third kappa shape index (κ3) is 3.81. The van der Waals surface area contributed by atoms with Crippen molar-refractivity contribution in [2.75, 3.05) is 19.7 Å². The molecule has 1 amide bonds. The molecule has 1 heterocycles. The summed E-state index contributed by atoms with van der Waals surface area (Å²) in [6.45, 7) is 5.29. The Hall–Kier alpha value is -1.26. The maximum Gasteiger partial charge on any atom is 0.223 e. The van der Waals surface area contributed by atoms with Gasteiger partial charge in [0, 0.05) is 23.0 Å². The molecular formula is C18H25ClN2O2. The standard InChI is InChI=1S/C18H25ClN2O2/c1-2-9-23-16-4-3-14(19)10-13(16)12-21-17(22)15-11-18(15)5-7-20-8-6-18/h3-4,10,15,20H,2,5-9,11-12H2,1H3,(H,21,22). The van der Waals surface area contributed by atoms with Crippen LogP contribution in [-0.2, 0) is 11.3 Å². The Kier molecular flexibility index (Phi) is 5.12. The van der Waals surface area contributed by atoms with Crippen molar-refractivity contribution in [1.29, 1.82) is 0 Å². The number of ether oxygens (including phenoxy) is 1. The number of amides is 1. The molecule has 2 fully saturated rings. The lowest BCUT2D eigenvalue weighted by Crippen LogP contribution is -2.33. The molecule has 1 aliphatic heterocycles. The van der Waals surface area contributed by atoms with Crippen LogP contribution in [0, 0.1) is 11.3 Å². The summed E-state index contributed by atoms with van der Waals surface area (Å²) in [5.74, 6) is 1.17. The first-order chi connectivity index (χ1) is 11.1. The Balaban J connectivity index is 1.57. The van der Waals surface area contributed by atoms with Gasteiger partial charge in [0.25, 0.3) is 0 Å². The minimum atomic E-state index is 0.174. The van der Waals surface area contributed by atoms with Crippen molar-refractivity contribution in [3.8, 4) is 5.75 Å². The van der Waals surface area contributed by atoms with Crippen LogP contribution in [0.1, 0.15) is 38.2 Å². The molecule has 1 spiro atoms. The van der Waals surface area contributed by atoms with Gasteiger partial charge in [-0.15, -0.1) is 0 Å². The van der Waals surface area contributed by atoms with Crippen LogP contribution in [0.5, 0.6) is 5.75 Å². The van der Waals surface area contributed by atoms with E-state index in [0.29, 0.717) is 18.2 Å². The number of nitrogens with one attached hydrogen (secondary N) is 2. The van der Waals surface area contributed by atoms with Crippen LogP contribution in [0.2, 0.25) is 5.02 Å². The van der Waals surface area contributed by atoms with Gasteiger partial charge in [-0.3, -0.25) is 4.79 Å². The summed E-state index contributed by atoms with van der Waals surface area (Å²) in [5.41, 5.74) is 1.21. The van der Waals surface area contributed by atoms with Crippen molar-refractivity contribution in [2.24, 2.45) is 11.3 Å². The molecule has 1 aromatic carbocycles. The lowest BCUT2D eigenvalue weighted by molar-refractivity contribution is -0.123. The fourth-order valence-corrected chi connectivity index (χ4v) is 3.73. The quantitative estimate of drug-likeness (QED) is 0.839. The minimum Gasteiger partial charge on any atom is -0.493 e. The Morgan fingerprint density at radius 2 is 2.22 bits per heavy atom. The average Bonchev–Trinajstić information content (AvgIpc) is 3.25. The molecule has 1 aliphatic carbocycles. The zero-order chi connectivity index (χ0) is 16.3. The van der Waals surface area contributed by atoms with Crippen LogP contribution < -0.4 is 15.4 Å². The molecule has 1 saturated carbocycles. The van der Waals surface area contributed by atoms with Gasteiger partial charge in [0.2, 0.25) is 5.91 Å². The second kappa shape index (κ2) is 7.10. The highest BCUT2D eigenvalue weighted by Gasteiger charge is 2.57. The summed E-state index contributed by atoms with van der Waals surface area (Å²) < 4.78 is 5.74. The summed E-state index contributed by atoms with van der Waals surface area (Å²) in [5, 5.41) is 7.11. The molecule has 1 unspecified atom stereocenters. The maximum atomic E-state index is 12.5. The van der Waals surface area contributed by atoms with Gasteiger partial charge in [-0.2, -0.15) is 0 Å². The van der Waals surface area contributed by atoms with E-state index < -0.39 is 0 Å². The predicted octanol–water partition coefficient (Wildman–Crippen LogP) is 3.13. The van der Waals surface area contributed by atoms with E-state index in [1.54, 1.807) is 0 Å². The van der Waals surface area contributed by atoms with E-state index in [4.69, 9.17) is 16.3 Å². The van der Waals surface area contributed by atoms with Gasteiger partial charge in [-0.05, 0) is 62.4 Å². The van der Waals surface area contributed by atoms with Crippen LogP contribution in [-0.4, -0.2) is 25.6 Å². The molecular weight excluding hydrogens is 312 g/mol. The highest BCUT2D eigenvalue weighted by atomic mass is 35.5. The van der Waals surface area contributed by atoms with E-state index in [9.17, 15) is 4.79 Å². The van der Waals surface area contributed by atoms with Crippen molar-refractivity contribution >= 4 is 17.5 Å². The second-order valence-corrected chi connectivity index (χ2v) is 7.12. The molecule has 3 rings (SSSR count). The first-order valence-corrected chi connectivity index (χ1v) is 8.92. The molecule has 23 heavy (non-hydrogen) atoms. The van der Waals surface area contributed by atoms with Crippen LogP contribution in [0.15, 0.2) is 18.2 Å². The molecule has 5 heteroatoms. The number of hydrogen-bond acceptors (Lipinski definition) is 3. The SMILES string of the molecule is CCCOc1ccc(Cl)cc1CNC(=O)C1CC12CCNCC2. The number of carbonyl (C=O) groups excluding carboxylic acids is 1. The number of halogens is 1. The zero-order valence-corrected chi connectivity index (χ0v) is 14.4. The first kappa shape index (κ1) is 16.6. The van der Waals surface area contributed by atoms with Crippen molar-refractivity contribution in [1.82, 2.24) is 10.6 Å². The van der Waals surface area contributed by atoms with Gasteiger partial charge in [0.05, 0.1) is 6.61 Å². The molecule has 2 N–H and O–H groups in total. The first-order valence-electron chi connectivity index (χ1n) is 8.54. The zero-order valence-electron chi connectivity index (χ0n) is 13.7. The molecule has 1 saturated heterocycles. The Morgan fingerprint density at radius 3 is 2.96 bits per heavy atom. The molecule has 2 aliphatic rings. The molecule has 126 valence electrons. The normalized spacial score (nSPS) is 21.9. The summed E-state index contributed by atoms with van der Waals surface area (Å²) in [4.78, 5) is 12.5. The Bertz CT molecular complexity index is 570. The van der Waals surface area contributed by atoms with E-state index in [0.717, 1.165) is 50.1 Å². The summed E-state index contributed by atoms with van der Waals surface area (Å²) in [7, 11) is 0. The largest absolute Gasteiger partial charge is 0.493 e. The van der Waals surface area contributed by atoms with E-state index in [1.807, 2.05) is 18.2 Å². The van der Waals surface area contributed by atoms with E-state index in [2.05, 4.69) is 17.6 Å². The lowest BCUT2D eigenvalue weighted by Gasteiger charge is -2.23. The fourth-order valence-electron chi connectivity index (χ4n) is 3.54. The van der Waals surface area contributed by atoms with Crippen molar-refractivity contribution in [2.45, 2.75) is 39.2 Å². The van der Waals surface area contributed by atoms with Gasteiger partial charge in [0.1, 0.15) is 5.75 Å². The smallest absolute Gasteiger partial charge is 0.223 e. The van der Waals surface area contributed by atoms with E-state index in [1.165, 1.54) is 0 Å². The third-order valence-electron chi connectivity index (χ3n) is 5.04. The van der Waals surface area contributed by atoms with Gasteiger partial charge < -0.3 is 15.4 Å². The molecule has 0 aromatic heterocycles. The number of carbonyl (C=O) groups is 1. The fraction of sp³-hybridized carbons (Fsp3) is 0.611. The molecule has 1 aromatic rings. The molecule has 4 nitrogen and oxygen atoms in total. The minimum absolute atomic E-state index is 0.174. The predicted molar refractivity (Wildman–Crippen MR) is 91.7 cm³/mol. The Morgan fingerprint density at radius 1 is 1.43 bits per heavy atom. The molecule has 0 bridgehead atoms. The monoisotopic (exact) mass is 336 g/mol. The van der Waals surface area contributed by atoms with Crippen molar-refractivity contribution in [3.05, 3.63) is 28.8 Å². The Labute approximate surface area is 142 Å². The van der Waals surface area contributed by atoms with Gasteiger partial charge in [0.15, 0.2) is 0 Å². The summed E-state index contributed by atoms with van der Waals surface area (Å²) in [6, 6.07) is 5.58. The van der Waals surface area contributed by atoms with Crippen molar-refractivity contribution < 1.29 is 9.53 Å². The highest BCUT2D eigenvalue weighted by Crippen LogP contribution is 2.58. The third-order valence-corrected chi connectivity index (χ3v) is 5.28. The van der Waals surface area contributed by atoms with Gasteiger partial charge in [-0.1, -0.05) is 18.5 Å².